The molecule has 0 aliphatic rings. The number of rotatable bonds is 3. The number of halogens is 2. The van der Waals surface area contributed by atoms with Gasteiger partial charge in [0.25, 0.3) is 0 Å². The van der Waals surface area contributed by atoms with Gasteiger partial charge in [-0.15, -0.1) is 11.3 Å². The summed E-state index contributed by atoms with van der Waals surface area (Å²) < 4.78 is 12.9. The molecule has 17 heavy (non-hydrogen) atoms. The second-order valence-electron chi connectivity index (χ2n) is 3.42. The van der Waals surface area contributed by atoms with Crippen molar-refractivity contribution < 1.29 is 9.18 Å². The number of aryl methyl sites for hydroxylation is 1. The van der Waals surface area contributed by atoms with Crippen molar-refractivity contribution in [2.24, 2.45) is 0 Å². The molecule has 0 atom stereocenters. The molecule has 0 radical (unpaired) electrons. The molecule has 88 valence electrons. The molecule has 0 saturated heterocycles. The fourth-order valence-corrected chi connectivity index (χ4v) is 2.81. The average molecular weight is 270 g/mol. The average Bonchev–Trinajstić information content (AvgIpc) is 2.72. The molecule has 0 aliphatic carbocycles. The molecule has 0 spiro atoms. The van der Waals surface area contributed by atoms with Crippen molar-refractivity contribution >= 4 is 29.2 Å². The van der Waals surface area contributed by atoms with E-state index in [4.69, 9.17) is 11.6 Å². The first-order chi connectivity index (χ1) is 8.15. The SMILES string of the molecule is CCc1sc(-c2ccc(F)cc2Cl)nc1C=O. The Bertz CT molecular complexity index is 568. The summed E-state index contributed by atoms with van der Waals surface area (Å²) in [5, 5.41) is 0.952. The standard InChI is InChI=1S/C12H9ClFNOS/c1-2-11-10(6-16)15-12(17-11)8-4-3-7(14)5-9(8)13/h3-6H,2H2,1H3. The number of hydrogen-bond donors (Lipinski definition) is 0. The van der Waals surface area contributed by atoms with Gasteiger partial charge in [0.15, 0.2) is 6.29 Å². The van der Waals surface area contributed by atoms with Gasteiger partial charge in [-0.05, 0) is 24.6 Å². The molecule has 0 bridgehead atoms. The van der Waals surface area contributed by atoms with Crippen molar-refractivity contribution in [3.8, 4) is 10.6 Å². The van der Waals surface area contributed by atoms with E-state index >= 15 is 0 Å². The van der Waals surface area contributed by atoms with Crippen LogP contribution >= 0.6 is 22.9 Å². The van der Waals surface area contributed by atoms with E-state index < -0.39 is 0 Å². The number of hydrogen-bond acceptors (Lipinski definition) is 3. The molecule has 0 fully saturated rings. The zero-order chi connectivity index (χ0) is 12.4. The van der Waals surface area contributed by atoms with Crippen LogP contribution in [-0.4, -0.2) is 11.3 Å². The first kappa shape index (κ1) is 12.2. The largest absolute Gasteiger partial charge is 0.296 e. The van der Waals surface area contributed by atoms with E-state index in [-0.39, 0.29) is 5.82 Å². The predicted octanol–water partition coefficient (Wildman–Crippen LogP) is 3.98. The summed E-state index contributed by atoms with van der Waals surface area (Å²) in [5.74, 6) is -0.387. The van der Waals surface area contributed by atoms with Crippen LogP contribution < -0.4 is 0 Å². The Hall–Kier alpha value is -1.26. The van der Waals surface area contributed by atoms with Crippen LogP contribution in [0.2, 0.25) is 5.02 Å². The van der Waals surface area contributed by atoms with E-state index in [0.29, 0.717) is 21.3 Å². The van der Waals surface area contributed by atoms with Crippen molar-refractivity contribution in [1.82, 2.24) is 4.98 Å². The molecule has 1 aromatic carbocycles. The Kier molecular flexibility index (Phi) is 3.54. The minimum atomic E-state index is -0.387. The number of carbonyl (C=O) groups is 1. The third kappa shape index (κ3) is 2.37. The highest BCUT2D eigenvalue weighted by Gasteiger charge is 2.13. The van der Waals surface area contributed by atoms with Gasteiger partial charge in [0.2, 0.25) is 0 Å². The number of thiazole rings is 1. The number of nitrogens with zero attached hydrogens (tertiary/aromatic N) is 1. The monoisotopic (exact) mass is 269 g/mol. The van der Waals surface area contributed by atoms with Crippen LogP contribution in [0.5, 0.6) is 0 Å². The summed E-state index contributed by atoms with van der Waals surface area (Å²) in [6.07, 6.45) is 1.47. The fourth-order valence-electron chi connectivity index (χ4n) is 1.49. The number of aromatic nitrogens is 1. The van der Waals surface area contributed by atoms with Crippen molar-refractivity contribution in [2.45, 2.75) is 13.3 Å². The van der Waals surface area contributed by atoms with Crippen molar-refractivity contribution in [3.63, 3.8) is 0 Å². The van der Waals surface area contributed by atoms with Gasteiger partial charge in [0, 0.05) is 10.4 Å². The molecular formula is C12H9ClFNOS. The molecule has 0 aliphatic heterocycles. The summed E-state index contributed by atoms with van der Waals surface area (Å²) in [6.45, 7) is 1.95. The normalized spacial score (nSPS) is 10.5. The van der Waals surface area contributed by atoms with Crippen molar-refractivity contribution in [2.75, 3.05) is 0 Å². The van der Waals surface area contributed by atoms with Crippen LogP contribution in [0.1, 0.15) is 22.3 Å². The first-order valence-corrected chi connectivity index (χ1v) is 6.25. The molecule has 0 amide bonds. The minimum absolute atomic E-state index is 0.304. The summed E-state index contributed by atoms with van der Waals surface area (Å²) in [7, 11) is 0. The molecule has 0 unspecified atom stereocenters. The highest BCUT2D eigenvalue weighted by Crippen LogP contribution is 2.33. The van der Waals surface area contributed by atoms with Crippen LogP contribution in [0.25, 0.3) is 10.6 Å². The van der Waals surface area contributed by atoms with E-state index in [1.165, 1.54) is 23.5 Å². The lowest BCUT2D eigenvalue weighted by atomic mass is 10.2. The van der Waals surface area contributed by atoms with Crippen LogP contribution in [0.3, 0.4) is 0 Å². The maximum atomic E-state index is 12.9. The Morgan fingerprint density at radius 3 is 2.82 bits per heavy atom. The van der Waals surface area contributed by atoms with Gasteiger partial charge in [-0.25, -0.2) is 9.37 Å². The molecular weight excluding hydrogens is 261 g/mol. The lowest BCUT2D eigenvalue weighted by Gasteiger charge is -1.99. The quantitative estimate of drug-likeness (QED) is 0.789. The smallest absolute Gasteiger partial charge is 0.169 e. The van der Waals surface area contributed by atoms with Gasteiger partial charge in [0.1, 0.15) is 16.5 Å². The van der Waals surface area contributed by atoms with E-state index in [0.717, 1.165) is 17.6 Å². The van der Waals surface area contributed by atoms with Gasteiger partial charge in [-0.2, -0.15) is 0 Å². The maximum Gasteiger partial charge on any atom is 0.169 e. The second kappa shape index (κ2) is 4.94. The van der Waals surface area contributed by atoms with E-state index in [2.05, 4.69) is 4.98 Å². The predicted molar refractivity (Wildman–Crippen MR) is 67.3 cm³/mol. The van der Waals surface area contributed by atoms with Gasteiger partial charge in [0.05, 0.1) is 5.02 Å². The molecule has 0 N–H and O–H groups in total. The molecule has 1 aromatic heterocycles. The van der Waals surface area contributed by atoms with E-state index in [1.54, 1.807) is 6.07 Å². The molecule has 2 nitrogen and oxygen atoms in total. The maximum absolute atomic E-state index is 12.9. The summed E-state index contributed by atoms with van der Waals surface area (Å²) in [4.78, 5) is 15.9. The zero-order valence-corrected chi connectivity index (χ0v) is 10.6. The number of benzene rings is 1. The second-order valence-corrected chi connectivity index (χ2v) is 4.91. The minimum Gasteiger partial charge on any atom is -0.296 e. The van der Waals surface area contributed by atoms with Gasteiger partial charge in [-0.1, -0.05) is 18.5 Å². The Labute approximate surface area is 107 Å². The third-order valence-corrected chi connectivity index (χ3v) is 3.88. The topological polar surface area (TPSA) is 30.0 Å². The van der Waals surface area contributed by atoms with Gasteiger partial charge in [-0.3, -0.25) is 4.79 Å². The first-order valence-electron chi connectivity index (χ1n) is 5.06. The van der Waals surface area contributed by atoms with E-state index in [9.17, 15) is 9.18 Å². The van der Waals surface area contributed by atoms with Crippen molar-refractivity contribution in [1.29, 1.82) is 0 Å². The number of aldehydes is 1. The zero-order valence-electron chi connectivity index (χ0n) is 9.04. The Balaban J connectivity index is 2.52. The third-order valence-electron chi connectivity index (χ3n) is 2.32. The molecule has 5 heteroatoms. The molecule has 1 heterocycles. The van der Waals surface area contributed by atoms with E-state index in [1.807, 2.05) is 6.92 Å². The molecule has 2 aromatic rings. The number of carbonyl (C=O) groups excluding carboxylic acids is 1. The van der Waals surface area contributed by atoms with Gasteiger partial charge < -0.3 is 0 Å². The summed E-state index contributed by atoms with van der Waals surface area (Å²) in [6, 6.07) is 4.14. The Morgan fingerprint density at radius 1 is 1.53 bits per heavy atom. The van der Waals surface area contributed by atoms with Crippen LogP contribution in [-0.2, 0) is 6.42 Å². The fraction of sp³-hybridized carbons (Fsp3) is 0.167. The highest BCUT2D eigenvalue weighted by molar-refractivity contribution is 7.15. The van der Waals surface area contributed by atoms with Crippen LogP contribution in [0.15, 0.2) is 18.2 Å². The highest BCUT2D eigenvalue weighted by atomic mass is 35.5. The summed E-state index contributed by atoms with van der Waals surface area (Å²) >= 11 is 7.36. The molecule has 0 saturated carbocycles. The lowest BCUT2D eigenvalue weighted by Crippen LogP contribution is -1.86. The lowest BCUT2D eigenvalue weighted by molar-refractivity contribution is 0.111. The van der Waals surface area contributed by atoms with Crippen molar-refractivity contribution in [3.05, 3.63) is 39.6 Å². The molecule has 2 rings (SSSR count). The van der Waals surface area contributed by atoms with Gasteiger partial charge >= 0.3 is 0 Å². The van der Waals surface area contributed by atoms with Crippen LogP contribution in [0, 0.1) is 5.82 Å². The Morgan fingerprint density at radius 2 is 2.29 bits per heavy atom. The summed E-state index contributed by atoms with van der Waals surface area (Å²) in [5.41, 5.74) is 1.09. The van der Waals surface area contributed by atoms with Crippen LogP contribution in [0.4, 0.5) is 4.39 Å².